The minimum absolute atomic E-state index is 0.0140. The standard InChI is InChI=1S/C18H18N4O/c23-18(22-17-9-5-4-8-16(17)19-20-22)14-10-12-21(13-11-14)15-6-2-1-3-7-15/h1-9,14H,10-13H2. The van der Waals surface area contributed by atoms with Crippen molar-refractivity contribution in [1.29, 1.82) is 0 Å². The Bertz CT molecular complexity index is 819. The number of aromatic nitrogens is 3. The molecule has 1 aromatic heterocycles. The van der Waals surface area contributed by atoms with Crippen molar-refractivity contribution in [2.75, 3.05) is 18.0 Å². The molecular weight excluding hydrogens is 288 g/mol. The van der Waals surface area contributed by atoms with Gasteiger partial charge in [0.25, 0.3) is 5.91 Å². The van der Waals surface area contributed by atoms with E-state index in [0.717, 1.165) is 37.0 Å². The van der Waals surface area contributed by atoms with Crippen LogP contribution in [0.25, 0.3) is 11.0 Å². The zero-order valence-electron chi connectivity index (χ0n) is 12.8. The maximum absolute atomic E-state index is 12.8. The van der Waals surface area contributed by atoms with Gasteiger partial charge in [-0.1, -0.05) is 35.5 Å². The van der Waals surface area contributed by atoms with E-state index >= 15 is 0 Å². The molecule has 1 aliphatic rings. The largest absolute Gasteiger partial charge is 0.371 e. The molecule has 5 nitrogen and oxygen atoms in total. The number of rotatable bonds is 2. The number of anilines is 1. The van der Waals surface area contributed by atoms with E-state index in [2.05, 4.69) is 27.3 Å². The van der Waals surface area contributed by atoms with Crippen LogP contribution < -0.4 is 4.90 Å². The molecule has 1 fully saturated rings. The van der Waals surface area contributed by atoms with Crippen molar-refractivity contribution >= 4 is 22.6 Å². The molecule has 5 heteroatoms. The Morgan fingerprint density at radius 2 is 1.65 bits per heavy atom. The van der Waals surface area contributed by atoms with Gasteiger partial charge in [0.05, 0.1) is 5.52 Å². The monoisotopic (exact) mass is 306 g/mol. The summed E-state index contributed by atoms with van der Waals surface area (Å²) in [5.41, 5.74) is 2.79. The van der Waals surface area contributed by atoms with Crippen LogP contribution in [0.4, 0.5) is 5.69 Å². The zero-order valence-corrected chi connectivity index (χ0v) is 12.8. The molecular formula is C18H18N4O. The summed E-state index contributed by atoms with van der Waals surface area (Å²) >= 11 is 0. The highest BCUT2D eigenvalue weighted by molar-refractivity contribution is 5.90. The van der Waals surface area contributed by atoms with Gasteiger partial charge in [0.15, 0.2) is 0 Å². The molecule has 1 saturated heterocycles. The van der Waals surface area contributed by atoms with Gasteiger partial charge in [-0.05, 0) is 37.1 Å². The fourth-order valence-electron chi connectivity index (χ4n) is 3.23. The smallest absolute Gasteiger partial charge is 0.252 e. The molecule has 116 valence electrons. The second kappa shape index (κ2) is 5.83. The predicted octanol–water partition coefficient (Wildman–Crippen LogP) is 2.99. The van der Waals surface area contributed by atoms with E-state index in [1.165, 1.54) is 10.4 Å². The number of hydrogen-bond donors (Lipinski definition) is 0. The van der Waals surface area contributed by atoms with Crippen molar-refractivity contribution in [3.05, 3.63) is 54.6 Å². The maximum atomic E-state index is 12.8. The van der Waals surface area contributed by atoms with Crippen molar-refractivity contribution in [3.63, 3.8) is 0 Å². The van der Waals surface area contributed by atoms with Gasteiger partial charge in [-0.25, -0.2) is 0 Å². The van der Waals surface area contributed by atoms with E-state index in [0.29, 0.717) is 0 Å². The number of piperidine rings is 1. The zero-order chi connectivity index (χ0) is 15.6. The highest BCUT2D eigenvalue weighted by Gasteiger charge is 2.27. The predicted molar refractivity (Wildman–Crippen MR) is 89.5 cm³/mol. The Morgan fingerprint density at radius 3 is 2.43 bits per heavy atom. The van der Waals surface area contributed by atoms with Gasteiger partial charge in [0.1, 0.15) is 5.52 Å². The maximum Gasteiger partial charge on any atom is 0.252 e. The van der Waals surface area contributed by atoms with Gasteiger partial charge in [-0.15, -0.1) is 5.10 Å². The summed E-state index contributed by atoms with van der Waals surface area (Å²) in [5.74, 6) is 0.0754. The van der Waals surface area contributed by atoms with E-state index < -0.39 is 0 Å². The van der Waals surface area contributed by atoms with Crippen LogP contribution in [0.5, 0.6) is 0 Å². The van der Waals surface area contributed by atoms with Crippen LogP contribution in [-0.4, -0.2) is 34.0 Å². The second-order valence-electron chi connectivity index (χ2n) is 5.93. The van der Waals surface area contributed by atoms with Crippen LogP contribution in [0.2, 0.25) is 0 Å². The lowest BCUT2D eigenvalue weighted by molar-refractivity contribution is 0.0799. The average Bonchev–Trinajstić information content (AvgIpc) is 3.06. The summed E-state index contributed by atoms with van der Waals surface area (Å²) in [7, 11) is 0. The van der Waals surface area contributed by atoms with Crippen molar-refractivity contribution < 1.29 is 4.79 Å². The number of fused-ring (bicyclic) bond motifs is 1. The number of nitrogens with zero attached hydrogens (tertiary/aromatic N) is 4. The molecule has 0 bridgehead atoms. The van der Waals surface area contributed by atoms with E-state index in [1.54, 1.807) is 0 Å². The highest BCUT2D eigenvalue weighted by atomic mass is 16.2. The molecule has 2 aromatic carbocycles. The van der Waals surface area contributed by atoms with E-state index in [4.69, 9.17) is 0 Å². The number of hydrogen-bond acceptors (Lipinski definition) is 4. The summed E-state index contributed by atoms with van der Waals surface area (Å²) in [6.07, 6.45) is 1.70. The van der Waals surface area contributed by atoms with Crippen LogP contribution in [0.1, 0.15) is 17.6 Å². The topological polar surface area (TPSA) is 51.0 Å². The average molecular weight is 306 g/mol. The molecule has 0 N–H and O–H groups in total. The van der Waals surface area contributed by atoms with Gasteiger partial charge in [-0.3, -0.25) is 4.79 Å². The minimum Gasteiger partial charge on any atom is -0.371 e. The third-order valence-electron chi connectivity index (χ3n) is 4.53. The summed E-state index contributed by atoms with van der Waals surface area (Å²) in [4.78, 5) is 15.1. The molecule has 0 radical (unpaired) electrons. The van der Waals surface area contributed by atoms with Crippen molar-refractivity contribution in [1.82, 2.24) is 15.0 Å². The summed E-state index contributed by atoms with van der Waals surface area (Å²) in [5, 5.41) is 8.13. The first-order valence-electron chi connectivity index (χ1n) is 7.97. The quantitative estimate of drug-likeness (QED) is 0.730. The van der Waals surface area contributed by atoms with Gasteiger partial charge in [0, 0.05) is 24.7 Å². The molecule has 2 heterocycles. The van der Waals surface area contributed by atoms with E-state index in [1.807, 2.05) is 42.5 Å². The van der Waals surface area contributed by atoms with Crippen LogP contribution in [0, 0.1) is 5.92 Å². The molecule has 1 aliphatic heterocycles. The van der Waals surface area contributed by atoms with Gasteiger partial charge < -0.3 is 4.90 Å². The lowest BCUT2D eigenvalue weighted by atomic mass is 9.95. The molecule has 0 amide bonds. The van der Waals surface area contributed by atoms with Crippen LogP contribution in [0.15, 0.2) is 54.6 Å². The number of carbonyl (C=O) groups excluding carboxylic acids is 1. The fraction of sp³-hybridized carbons (Fsp3) is 0.278. The van der Waals surface area contributed by atoms with Crippen LogP contribution >= 0.6 is 0 Å². The highest BCUT2D eigenvalue weighted by Crippen LogP contribution is 2.24. The molecule has 0 saturated carbocycles. The summed E-state index contributed by atoms with van der Waals surface area (Å²) < 4.78 is 1.47. The van der Waals surface area contributed by atoms with Crippen molar-refractivity contribution in [3.8, 4) is 0 Å². The fourth-order valence-corrected chi connectivity index (χ4v) is 3.23. The molecule has 0 atom stereocenters. The normalized spacial score (nSPS) is 15.9. The molecule has 0 aliphatic carbocycles. The summed E-state index contributed by atoms with van der Waals surface area (Å²) in [6.45, 7) is 1.79. The molecule has 23 heavy (non-hydrogen) atoms. The molecule has 3 aromatic rings. The SMILES string of the molecule is O=C(C1CCN(c2ccccc2)CC1)n1nnc2ccccc21. The Kier molecular flexibility index (Phi) is 3.54. The number of para-hydroxylation sites is 2. The van der Waals surface area contributed by atoms with E-state index in [-0.39, 0.29) is 11.8 Å². The Hall–Kier alpha value is -2.69. The Morgan fingerprint density at radius 1 is 0.957 bits per heavy atom. The molecule has 4 rings (SSSR count). The number of benzene rings is 2. The van der Waals surface area contributed by atoms with E-state index in [9.17, 15) is 4.79 Å². The van der Waals surface area contributed by atoms with Crippen LogP contribution in [0.3, 0.4) is 0 Å². The third-order valence-corrected chi connectivity index (χ3v) is 4.53. The first-order chi connectivity index (χ1) is 11.3. The molecule has 0 unspecified atom stereocenters. The van der Waals surface area contributed by atoms with Gasteiger partial charge >= 0.3 is 0 Å². The lowest BCUT2D eigenvalue weighted by Gasteiger charge is -2.32. The van der Waals surface area contributed by atoms with Crippen LogP contribution in [-0.2, 0) is 0 Å². The first kappa shape index (κ1) is 13.9. The molecule has 0 spiro atoms. The Balaban J connectivity index is 1.49. The second-order valence-corrected chi connectivity index (χ2v) is 5.93. The third kappa shape index (κ3) is 2.59. The van der Waals surface area contributed by atoms with Crippen molar-refractivity contribution in [2.24, 2.45) is 5.92 Å². The first-order valence-corrected chi connectivity index (χ1v) is 7.97. The summed E-state index contributed by atoms with van der Waals surface area (Å²) in [6, 6.07) is 18.0. The van der Waals surface area contributed by atoms with Gasteiger partial charge in [0.2, 0.25) is 0 Å². The minimum atomic E-state index is 0.0140. The lowest BCUT2D eigenvalue weighted by Crippen LogP contribution is -2.38. The number of carbonyl (C=O) groups is 1. The Labute approximate surface area is 134 Å². The van der Waals surface area contributed by atoms with Crippen molar-refractivity contribution in [2.45, 2.75) is 12.8 Å². The van der Waals surface area contributed by atoms with Gasteiger partial charge in [-0.2, -0.15) is 4.68 Å².